The van der Waals surface area contributed by atoms with E-state index < -0.39 is 5.54 Å². The molecule has 0 amide bonds. The molecule has 2 heterocycles. The van der Waals surface area contributed by atoms with Gasteiger partial charge >= 0.3 is 0 Å². The van der Waals surface area contributed by atoms with Crippen LogP contribution in [0.5, 0.6) is 0 Å². The van der Waals surface area contributed by atoms with Crippen molar-refractivity contribution in [3.8, 4) is 0 Å². The van der Waals surface area contributed by atoms with Crippen LogP contribution in [0.2, 0.25) is 0 Å². The third-order valence-electron chi connectivity index (χ3n) is 3.28. The first-order valence-corrected chi connectivity index (χ1v) is 5.67. The van der Waals surface area contributed by atoms with Gasteiger partial charge in [0.15, 0.2) is 5.78 Å². The zero-order chi connectivity index (χ0) is 11.6. The minimum atomic E-state index is -0.443. The molecule has 0 unspecified atom stereocenters. The molecular formula is C12H17N3O. The molecule has 4 heteroatoms. The van der Waals surface area contributed by atoms with Crippen molar-refractivity contribution in [3.05, 3.63) is 24.3 Å². The van der Waals surface area contributed by atoms with Crippen LogP contribution in [-0.2, 0) is 0 Å². The van der Waals surface area contributed by atoms with Gasteiger partial charge in [-0.25, -0.2) is 9.97 Å². The number of aromatic nitrogens is 2. The lowest BCUT2D eigenvalue weighted by atomic mass is 9.93. The van der Waals surface area contributed by atoms with Crippen molar-refractivity contribution in [3.63, 3.8) is 0 Å². The summed E-state index contributed by atoms with van der Waals surface area (Å²) in [6.45, 7) is 5.97. The summed E-state index contributed by atoms with van der Waals surface area (Å²) in [5.74, 6) is 0.106. The van der Waals surface area contributed by atoms with Crippen LogP contribution in [0.3, 0.4) is 0 Å². The van der Waals surface area contributed by atoms with E-state index in [1.54, 1.807) is 12.4 Å². The van der Waals surface area contributed by atoms with Crippen LogP contribution in [0, 0.1) is 0 Å². The maximum atomic E-state index is 12.3. The summed E-state index contributed by atoms with van der Waals surface area (Å²) in [4.78, 5) is 22.4. The van der Waals surface area contributed by atoms with Gasteiger partial charge in [-0.2, -0.15) is 0 Å². The molecule has 0 aliphatic carbocycles. The van der Waals surface area contributed by atoms with Crippen LogP contribution in [-0.4, -0.2) is 39.3 Å². The molecule has 0 saturated carbocycles. The van der Waals surface area contributed by atoms with E-state index in [4.69, 9.17) is 0 Å². The zero-order valence-electron chi connectivity index (χ0n) is 9.81. The highest BCUT2D eigenvalue weighted by molar-refractivity contribution is 6.02. The number of ketones is 1. The van der Waals surface area contributed by atoms with E-state index in [-0.39, 0.29) is 5.78 Å². The molecule has 0 atom stereocenters. The van der Waals surface area contributed by atoms with Gasteiger partial charge in [-0.15, -0.1) is 0 Å². The van der Waals surface area contributed by atoms with Gasteiger partial charge in [-0.3, -0.25) is 9.69 Å². The van der Waals surface area contributed by atoms with E-state index in [2.05, 4.69) is 14.9 Å². The van der Waals surface area contributed by atoms with E-state index >= 15 is 0 Å². The highest BCUT2D eigenvalue weighted by Crippen LogP contribution is 2.24. The Hall–Kier alpha value is -1.29. The lowest BCUT2D eigenvalue weighted by molar-refractivity contribution is 0.0702. The standard InChI is InChI=1S/C12H17N3O/c1-12(2,15-5-3-4-6-15)11(16)10-7-13-9-14-8-10/h7-9H,3-6H2,1-2H3. The van der Waals surface area contributed by atoms with E-state index in [0.717, 1.165) is 13.1 Å². The third-order valence-corrected chi connectivity index (χ3v) is 3.28. The van der Waals surface area contributed by atoms with Gasteiger partial charge in [0.05, 0.1) is 11.1 Å². The van der Waals surface area contributed by atoms with Gasteiger partial charge < -0.3 is 0 Å². The van der Waals surface area contributed by atoms with Crippen molar-refractivity contribution in [2.24, 2.45) is 0 Å². The summed E-state index contributed by atoms with van der Waals surface area (Å²) >= 11 is 0. The Kier molecular flexibility index (Phi) is 3.01. The number of hydrogen-bond donors (Lipinski definition) is 0. The highest BCUT2D eigenvalue weighted by Gasteiger charge is 2.36. The van der Waals surface area contributed by atoms with Crippen molar-refractivity contribution < 1.29 is 4.79 Å². The number of hydrogen-bond acceptors (Lipinski definition) is 4. The second-order valence-corrected chi connectivity index (χ2v) is 4.71. The molecule has 4 nitrogen and oxygen atoms in total. The molecule has 2 rings (SSSR count). The molecular weight excluding hydrogens is 202 g/mol. The Morgan fingerprint density at radius 2 is 1.81 bits per heavy atom. The molecule has 16 heavy (non-hydrogen) atoms. The summed E-state index contributed by atoms with van der Waals surface area (Å²) in [5, 5.41) is 0. The van der Waals surface area contributed by atoms with Gasteiger partial charge in [0.2, 0.25) is 0 Å². The average molecular weight is 219 g/mol. The molecule has 1 aromatic heterocycles. The second-order valence-electron chi connectivity index (χ2n) is 4.71. The molecule has 1 aliphatic heterocycles. The Morgan fingerprint density at radius 1 is 1.25 bits per heavy atom. The molecule has 1 saturated heterocycles. The normalized spacial score (nSPS) is 17.6. The van der Waals surface area contributed by atoms with E-state index in [0.29, 0.717) is 5.56 Å². The molecule has 0 bridgehead atoms. The first kappa shape index (κ1) is 11.2. The van der Waals surface area contributed by atoms with Crippen LogP contribution < -0.4 is 0 Å². The summed E-state index contributed by atoms with van der Waals surface area (Å²) in [7, 11) is 0. The maximum absolute atomic E-state index is 12.3. The number of Topliss-reactive ketones (excluding diaryl/α,β-unsaturated/α-hetero) is 1. The molecule has 1 aromatic rings. The minimum Gasteiger partial charge on any atom is -0.292 e. The zero-order valence-corrected chi connectivity index (χ0v) is 9.81. The van der Waals surface area contributed by atoms with Crippen molar-refractivity contribution in [1.29, 1.82) is 0 Å². The topological polar surface area (TPSA) is 46.1 Å². The van der Waals surface area contributed by atoms with Crippen LogP contribution in [0.4, 0.5) is 0 Å². The highest BCUT2D eigenvalue weighted by atomic mass is 16.1. The molecule has 0 radical (unpaired) electrons. The Labute approximate surface area is 95.7 Å². The third kappa shape index (κ3) is 1.97. The van der Waals surface area contributed by atoms with Gasteiger partial charge in [-0.05, 0) is 39.8 Å². The Bertz CT molecular complexity index is 369. The van der Waals surface area contributed by atoms with Gasteiger partial charge in [0, 0.05) is 12.4 Å². The number of nitrogens with zero attached hydrogens (tertiary/aromatic N) is 3. The fourth-order valence-electron chi connectivity index (χ4n) is 2.19. The van der Waals surface area contributed by atoms with Crippen LogP contribution in [0.25, 0.3) is 0 Å². The fraction of sp³-hybridized carbons (Fsp3) is 0.583. The van der Waals surface area contributed by atoms with Gasteiger partial charge in [0.25, 0.3) is 0 Å². The predicted molar refractivity (Wildman–Crippen MR) is 61.2 cm³/mol. The fourth-order valence-corrected chi connectivity index (χ4v) is 2.19. The van der Waals surface area contributed by atoms with E-state index in [9.17, 15) is 4.79 Å². The molecule has 1 fully saturated rings. The largest absolute Gasteiger partial charge is 0.292 e. The Balaban J connectivity index is 2.20. The first-order chi connectivity index (χ1) is 7.62. The monoisotopic (exact) mass is 219 g/mol. The van der Waals surface area contributed by atoms with Gasteiger partial charge in [0.1, 0.15) is 6.33 Å². The predicted octanol–water partition coefficient (Wildman–Crippen LogP) is 1.53. The molecule has 0 N–H and O–H groups in total. The first-order valence-electron chi connectivity index (χ1n) is 5.67. The summed E-state index contributed by atoms with van der Waals surface area (Å²) in [6.07, 6.45) is 6.99. The van der Waals surface area contributed by atoms with Gasteiger partial charge in [-0.1, -0.05) is 0 Å². The molecule has 1 aliphatic rings. The minimum absolute atomic E-state index is 0.106. The Morgan fingerprint density at radius 3 is 2.38 bits per heavy atom. The summed E-state index contributed by atoms with van der Waals surface area (Å²) < 4.78 is 0. The van der Waals surface area contributed by atoms with Crippen LogP contribution in [0.1, 0.15) is 37.0 Å². The number of carbonyl (C=O) groups is 1. The number of likely N-dealkylation sites (tertiary alicyclic amines) is 1. The van der Waals surface area contributed by atoms with Crippen LogP contribution >= 0.6 is 0 Å². The van der Waals surface area contributed by atoms with Crippen molar-refractivity contribution in [1.82, 2.24) is 14.9 Å². The SMILES string of the molecule is CC(C)(C(=O)c1cncnc1)N1CCCC1. The van der Waals surface area contributed by atoms with Crippen LogP contribution in [0.15, 0.2) is 18.7 Å². The molecule has 86 valence electrons. The lowest BCUT2D eigenvalue weighted by Crippen LogP contribution is -2.48. The quantitative estimate of drug-likeness (QED) is 0.723. The van der Waals surface area contributed by atoms with Crippen molar-refractivity contribution >= 4 is 5.78 Å². The molecule has 0 aromatic carbocycles. The lowest BCUT2D eigenvalue weighted by Gasteiger charge is -2.33. The number of carbonyl (C=O) groups excluding carboxylic acids is 1. The van der Waals surface area contributed by atoms with E-state index in [1.165, 1.54) is 19.2 Å². The van der Waals surface area contributed by atoms with Crippen molar-refractivity contribution in [2.75, 3.05) is 13.1 Å². The average Bonchev–Trinajstić information content (AvgIpc) is 2.83. The number of rotatable bonds is 3. The van der Waals surface area contributed by atoms with Crippen molar-refractivity contribution in [2.45, 2.75) is 32.2 Å². The summed E-state index contributed by atoms with van der Waals surface area (Å²) in [5.41, 5.74) is 0.153. The molecule has 0 spiro atoms. The second kappa shape index (κ2) is 4.29. The van der Waals surface area contributed by atoms with E-state index in [1.807, 2.05) is 13.8 Å². The smallest absolute Gasteiger partial charge is 0.185 e. The maximum Gasteiger partial charge on any atom is 0.185 e. The summed E-state index contributed by atoms with van der Waals surface area (Å²) in [6, 6.07) is 0.